The van der Waals surface area contributed by atoms with Gasteiger partial charge in [0.05, 0.1) is 12.8 Å². The fourth-order valence-corrected chi connectivity index (χ4v) is 2.11. The maximum atomic E-state index is 13.6. The fourth-order valence-electron chi connectivity index (χ4n) is 2.11. The highest BCUT2D eigenvalue weighted by Crippen LogP contribution is 2.22. The van der Waals surface area contributed by atoms with Crippen molar-refractivity contribution in [1.29, 1.82) is 0 Å². The third-order valence-corrected chi connectivity index (χ3v) is 3.10. The minimum atomic E-state index is -0.230. The van der Waals surface area contributed by atoms with Gasteiger partial charge < -0.3 is 14.5 Å². The van der Waals surface area contributed by atoms with Gasteiger partial charge in [0.2, 0.25) is 0 Å². The summed E-state index contributed by atoms with van der Waals surface area (Å²) in [7, 11) is 1.61. The van der Waals surface area contributed by atoms with E-state index in [-0.39, 0.29) is 5.82 Å². The Kier molecular flexibility index (Phi) is 3.29. The first-order valence-electron chi connectivity index (χ1n) is 6.29. The molecule has 0 fully saturated rings. The summed E-state index contributed by atoms with van der Waals surface area (Å²) in [6, 6.07) is 14.1. The first-order chi connectivity index (χ1) is 9.76. The van der Waals surface area contributed by atoms with Crippen LogP contribution in [0, 0.1) is 5.82 Å². The lowest BCUT2D eigenvalue weighted by Gasteiger charge is -2.06. The lowest BCUT2D eigenvalue weighted by molar-refractivity contribution is 0.300. The van der Waals surface area contributed by atoms with Gasteiger partial charge in [0, 0.05) is 17.0 Å². The number of fused-ring (bicyclic) bond motifs is 1. The maximum absolute atomic E-state index is 13.6. The lowest BCUT2D eigenvalue weighted by atomic mass is 10.2. The van der Waals surface area contributed by atoms with E-state index in [1.165, 1.54) is 6.07 Å². The standard InChI is InChI=1S/C16H14FNO2/c1-19-12-4-2-5-13(9-12)20-10-11-8-14-15(17)6-3-7-16(14)18-11/h2-9,18H,10H2,1H3. The fraction of sp³-hybridized carbons (Fsp3) is 0.125. The minimum absolute atomic E-state index is 0.230. The molecular weight excluding hydrogens is 257 g/mol. The molecule has 20 heavy (non-hydrogen) atoms. The van der Waals surface area contributed by atoms with E-state index in [1.54, 1.807) is 19.2 Å². The highest BCUT2D eigenvalue weighted by atomic mass is 19.1. The average Bonchev–Trinajstić information content (AvgIpc) is 2.90. The van der Waals surface area contributed by atoms with Crippen LogP contribution in [0.4, 0.5) is 4.39 Å². The molecule has 1 N–H and O–H groups in total. The zero-order valence-corrected chi connectivity index (χ0v) is 11.0. The SMILES string of the molecule is COc1cccc(OCc2cc3c(F)cccc3[nH]2)c1. The highest BCUT2D eigenvalue weighted by molar-refractivity contribution is 5.80. The van der Waals surface area contributed by atoms with Gasteiger partial charge in [0.25, 0.3) is 0 Å². The molecule has 102 valence electrons. The van der Waals surface area contributed by atoms with Crippen LogP contribution in [0.5, 0.6) is 11.5 Å². The largest absolute Gasteiger partial charge is 0.497 e. The van der Waals surface area contributed by atoms with Crippen molar-refractivity contribution in [2.24, 2.45) is 0 Å². The minimum Gasteiger partial charge on any atom is -0.497 e. The number of ether oxygens (including phenoxy) is 2. The number of H-pyrrole nitrogens is 1. The molecule has 3 rings (SSSR count). The summed E-state index contributed by atoms with van der Waals surface area (Å²) < 4.78 is 24.4. The molecule has 1 aromatic heterocycles. The Bertz CT molecular complexity index is 736. The van der Waals surface area contributed by atoms with Crippen molar-refractivity contribution in [2.75, 3.05) is 7.11 Å². The molecule has 0 spiro atoms. The van der Waals surface area contributed by atoms with E-state index in [4.69, 9.17) is 9.47 Å². The molecule has 0 bridgehead atoms. The zero-order chi connectivity index (χ0) is 13.9. The number of halogens is 1. The van der Waals surface area contributed by atoms with Crippen LogP contribution in [-0.4, -0.2) is 12.1 Å². The molecule has 0 aliphatic rings. The lowest BCUT2D eigenvalue weighted by Crippen LogP contribution is -1.95. The summed E-state index contributed by atoms with van der Waals surface area (Å²) in [6.07, 6.45) is 0. The summed E-state index contributed by atoms with van der Waals surface area (Å²) in [4.78, 5) is 3.14. The summed E-state index contributed by atoms with van der Waals surface area (Å²) in [5, 5.41) is 0.580. The van der Waals surface area contributed by atoms with Crippen molar-refractivity contribution in [3.05, 3.63) is 60.0 Å². The summed E-state index contributed by atoms with van der Waals surface area (Å²) in [6.45, 7) is 0.348. The van der Waals surface area contributed by atoms with Crippen molar-refractivity contribution in [2.45, 2.75) is 6.61 Å². The third-order valence-electron chi connectivity index (χ3n) is 3.10. The highest BCUT2D eigenvalue weighted by Gasteiger charge is 2.05. The Labute approximate surface area is 116 Å². The normalized spacial score (nSPS) is 10.7. The predicted octanol–water partition coefficient (Wildman–Crippen LogP) is 3.89. The van der Waals surface area contributed by atoms with Crippen molar-refractivity contribution in [3.8, 4) is 11.5 Å². The molecule has 0 amide bonds. The Morgan fingerprint density at radius 1 is 1.05 bits per heavy atom. The van der Waals surface area contributed by atoms with Gasteiger partial charge in [-0.1, -0.05) is 12.1 Å². The van der Waals surface area contributed by atoms with E-state index < -0.39 is 0 Å². The van der Waals surface area contributed by atoms with E-state index in [0.717, 1.165) is 17.0 Å². The van der Waals surface area contributed by atoms with Gasteiger partial charge in [0.1, 0.15) is 23.9 Å². The molecule has 2 aromatic carbocycles. The summed E-state index contributed by atoms with van der Waals surface area (Å²) in [5.41, 5.74) is 1.60. The maximum Gasteiger partial charge on any atom is 0.132 e. The van der Waals surface area contributed by atoms with Crippen LogP contribution >= 0.6 is 0 Å². The molecule has 4 heteroatoms. The van der Waals surface area contributed by atoms with Crippen LogP contribution in [0.1, 0.15) is 5.69 Å². The summed E-state index contributed by atoms with van der Waals surface area (Å²) in [5.74, 6) is 1.22. The molecular formula is C16H14FNO2. The number of aromatic amines is 1. The van der Waals surface area contributed by atoms with Crippen molar-refractivity contribution in [3.63, 3.8) is 0 Å². The number of aromatic nitrogens is 1. The van der Waals surface area contributed by atoms with Crippen LogP contribution in [0.25, 0.3) is 10.9 Å². The van der Waals surface area contributed by atoms with Crippen LogP contribution < -0.4 is 9.47 Å². The molecule has 3 nitrogen and oxygen atoms in total. The van der Waals surface area contributed by atoms with E-state index >= 15 is 0 Å². The second-order valence-corrected chi connectivity index (χ2v) is 4.46. The first kappa shape index (κ1) is 12.5. The van der Waals surface area contributed by atoms with Crippen molar-refractivity contribution in [1.82, 2.24) is 4.98 Å². The average molecular weight is 271 g/mol. The number of rotatable bonds is 4. The van der Waals surface area contributed by atoms with Gasteiger partial charge in [0.15, 0.2) is 0 Å². The molecule has 0 aliphatic heterocycles. The molecule has 0 unspecified atom stereocenters. The Balaban J connectivity index is 1.78. The predicted molar refractivity (Wildman–Crippen MR) is 75.6 cm³/mol. The van der Waals surface area contributed by atoms with Crippen LogP contribution in [-0.2, 0) is 6.61 Å². The quantitative estimate of drug-likeness (QED) is 0.781. The van der Waals surface area contributed by atoms with Gasteiger partial charge in [-0.2, -0.15) is 0 Å². The van der Waals surface area contributed by atoms with E-state index in [1.807, 2.05) is 30.3 Å². The first-order valence-corrected chi connectivity index (χ1v) is 6.29. The number of benzene rings is 2. The number of hydrogen-bond acceptors (Lipinski definition) is 2. The van der Waals surface area contributed by atoms with E-state index in [9.17, 15) is 4.39 Å². The van der Waals surface area contributed by atoms with E-state index in [0.29, 0.717) is 17.7 Å². The smallest absolute Gasteiger partial charge is 0.132 e. The van der Waals surface area contributed by atoms with Crippen LogP contribution in [0.15, 0.2) is 48.5 Å². The van der Waals surface area contributed by atoms with Crippen molar-refractivity contribution < 1.29 is 13.9 Å². The molecule has 1 heterocycles. The van der Waals surface area contributed by atoms with Gasteiger partial charge in [-0.05, 0) is 30.3 Å². The topological polar surface area (TPSA) is 34.2 Å². The summed E-state index contributed by atoms with van der Waals surface area (Å²) >= 11 is 0. The Morgan fingerprint density at radius 2 is 1.85 bits per heavy atom. The Hall–Kier alpha value is -2.49. The van der Waals surface area contributed by atoms with Gasteiger partial charge >= 0.3 is 0 Å². The van der Waals surface area contributed by atoms with Gasteiger partial charge in [-0.25, -0.2) is 4.39 Å². The van der Waals surface area contributed by atoms with Crippen molar-refractivity contribution >= 4 is 10.9 Å². The molecule has 0 radical (unpaired) electrons. The third kappa shape index (κ3) is 2.45. The Morgan fingerprint density at radius 3 is 2.65 bits per heavy atom. The van der Waals surface area contributed by atoms with E-state index in [2.05, 4.69) is 4.98 Å². The van der Waals surface area contributed by atoms with Crippen LogP contribution in [0.3, 0.4) is 0 Å². The molecule has 0 saturated heterocycles. The molecule has 0 aliphatic carbocycles. The molecule has 3 aromatic rings. The van der Waals surface area contributed by atoms with Gasteiger partial charge in [-0.3, -0.25) is 0 Å². The number of methoxy groups -OCH3 is 1. The second-order valence-electron chi connectivity index (χ2n) is 4.46. The van der Waals surface area contributed by atoms with Crippen LogP contribution in [0.2, 0.25) is 0 Å². The number of nitrogens with one attached hydrogen (secondary N) is 1. The second kappa shape index (κ2) is 5.25. The van der Waals surface area contributed by atoms with Gasteiger partial charge in [-0.15, -0.1) is 0 Å². The monoisotopic (exact) mass is 271 g/mol. The zero-order valence-electron chi connectivity index (χ0n) is 11.0. The molecule has 0 saturated carbocycles. The number of hydrogen-bond donors (Lipinski definition) is 1. The molecule has 0 atom stereocenters.